The molecule has 8 heteroatoms. The van der Waals surface area contributed by atoms with Crippen LogP contribution in [0.25, 0.3) is 0 Å². The van der Waals surface area contributed by atoms with Crippen LogP contribution in [-0.4, -0.2) is 31.9 Å². The number of carboxylic acids is 1. The zero-order valence-corrected chi connectivity index (χ0v) is 8.19. The van der Waals surface area contributed by atoms with Crippen LogP contribution in [0, 0.1) is 0 Å². The molecule has 0 radical (unpaired) electrons. The van der Waals surface area contributed by atoms with Gasteiger partial charge in [0.2, 0.25) is 5.60 Å². The van der Waals surface area contributed by atoms with E-state index in [-0.39, 0.29) is 0 Å². The van der Waals surface area contributed by atoms with E-state index in [0.29, 0.717) is 0 Å². The van der Waals surface area contributed by atoms with Crippen LogP contribution in [-0.2, 0) is 17.4 Å². The fourth-order valence-corrected chi connectivity index (χ4v) is 1.29. The highest BCUT2D eigenvalue weighted by Gasteiger charge is 2.58. The number of aliphatic hydroxyl groups is 1. The van der Waals surface area contributed by atoms with Crippen molar-refractivity contribution in [1.82, 2.24) is 9.55 Å². The van der Waals surface area contributed by atoms with Crippen molar-refractivity contribution in [2.45, 2.75) is 18.2 Å². The summed E-state index contributed by atoms with van der Waals surface area (Å²) in [6.45, 7) is 0. The standard InChI is InChI=1S/C8H9F3N2O3/c1-13-3-2-12-6(13)7(16,4-5(14)15)8(9,10)11/h2-3,16H,4H2,1H3,(H,14,15)/t7-/m0/s1. The van der Waals surface area contributed by atoms with Crippen LogP contribution < -0.4 is 0 Å². The SMILES string of the molecule is Cn1ccnc1[C@@](O)(CC(=O)O)C(F)(F)F. The second kappa shape index (κ2) is 3.78. The van der Waals surface area contributed by atoms with E-state index in [4.69, 9.17) is 5.11 Å². The molecule has 0 unspecified atom stereocenters. The number of hydrogen-bond donors (Lipinski definition) is 2. The van der Waals surface area contributed by atoms with Gasteiger partial charge in [0.05, 0.1) is 6.42 Å². The molecule has 0 fully saturated rings. The molecule has 0 aliphatic rings. The molecule has 0 aromatic carbocycles. The minimum absolute atomic E-state index is 0.748. The van der Waals surface area contributed by atoms with Crippen LogP contribution >= 0.6 is 0 Å². The van der Waals surface area contributed by atoms with Crippen molar-refractivity contribution in [1.29, 1.82) is 0 Å². The number of rotatable bonds is 3. The highest BCUT2D eigenvalue weighted by Crippen LogP contribution is 2.40. The van der Waals surface area contributed by atoms with Gasteiger partial charge in [-0.3, -0.25) is 4.79 Å². The summed E-state index contributed by atoms with van der Waals surface area (Å²) in [6.07, 6.45) is -4.35. The minimum atomic E-state index is -5.11. The van der Waals surface area contributed by atoms with Crippen LogP contribution in [0.5, 0.6) is 0 Å². The van der Waals surface area contributed by atoms with Gasteiger partial charge in [-0.1, -0.05) is 0 Å². The molecule has 1 aromatic rings. The minimum Gasteiger partial charge on any atom is -0.481 e. The Bertz CT molecular complexity index is 401. The third kappa shape index (κ3) is 2.01. The largest absolute Gasteiger partial charge is 0.481 e. The lowest BCUT2D eigenvalue weighted by Crippen LogP contribution is -2.46. The Morgan fingerprint density at radius 2 is 2.12 bits per heavy atom. The maximum Gasteiger partial charge on any atom is 0.425 e. The third-order valence-electron chi connectivity index (χ3n) is 2.07. The highest BCUT2D eigenvalue weighted by atomic mass is 19.4. The second-order valence-corrected chi connectivity index (χ2v) is 3.29. The zero-order chi connectivity index (χ0) is 12.6. The number of imidazole rings is 1. The fraction of sp³-hybridized carbons (Fsp3) is 0.500. The summed E-state index contributed by atoms with van der Waals surface area (Å²) in [5, 5.41) is 17.9. The van der Waals surface area contributed by atoms with E-state index in [0.717, 1.165) is 10.8 Å². The Balaban J connectivity index is 3.26. The molecule has 2 N–H and O–H groups in total. The lowest BCUT2D eigenvalue weighted by atomic mass is 9.98. The van der Waals surface area contributed by atoms with E-state index >= 15 is 0 Å². The van der Waals surface area contributed by atoms with Crippen molar-refractivity contribution in [3.05, 3.63) is 18.2 Å². The summed E-state index contributed by atoms with van der Waals surface area (Å²) in [4.78, 5) is 13.7. The number of carbonyl (C=O) groups is 1. The molecule has 90 valence electrons. The molecule has 0 aliphatic carbocycles. The first-order valence-corrected chi connectivity index (χ1v) is 4.17. The maximum atomic E-state index is 12.6. The summed E-state index contributed by atoms with van der Waals surface area (Å²) >= 11 is 0. The van der Waals surface area contributed by atoms with Crippen molar-refractivity contribution < 1.29 is 28.2 Å². The smallest absolute Gasteiger partial charge is 0.425 e. The number of aryl methyl sites for hydroxylation is 1. The molecule has 1 rings (SSSR count). The van der Waals surface area contributed by atoms with Gasteiger partial charge >= 0.3 is 12.1 Å². The summed E-state index contributed by atoms with van der Waals surface area (Å²) < 4.78 is 38.9. The van der Waals surface area contributed by atoms with Gasteiger partial charge in [0.1, 0.15) is 0 Å². The number of carboxylic acid groups (broad SMARTS) is 1. The zero-order valence-electron chi connectivity index (χ0n) is 8.19. The Morgan fingerprint density at radius 1 is 1.56 bits per heavy atom. The molecule has 1 aromatic heterocycles. The van der Waals surface area contributed by atoms with Gasteiger partial charge in [-0.15, -0.1) is 0 Å². The van der Waals surface area contributed by atoms with Gasteiger partial charge in [-0.05, 0) is 0 Å². The molecule has 0 bridgehead atoms. The van der Waals surface area contributed by atoms with Crippen molar-refractivity contribution in [3.63, 3.8) is 0 Å². The molecule has 0 saturated heterocycles. The Kier molecular flexibility index (Phi) is 2.95. The van der Waals surface area contributed by atoms with Crippen molar-refractivity contribution in [3.8, 4) is 0 Å². The maximum absolute atomic E-state index is 12.6. The van der Waals surface area contributed by atoms with Gasteiger partial charge in [-0.25, -0.2) is 4.98 Å². The molecule has 5 nitrogen and oxygen atoms in total. The Hall–Kier alpha value is -1.57. The highest BCUT2D eigenvalue weighted by molar-refractivity contribution is 5.68. The number of aromatic nitrogens is 2. The first-order valence-electron chi connectivity index (χ1n) is 4.17. The number of aliphatic carboxylic acids is 1. The number of nitrogens with zero attached hydrogens (tertiary/aromatic N) is 2. The lowest BCUT2D eigenvalue weighted by molar-refractivity contribution is -0.272. The number of hydrogen-bond acceptors (Lipinski definition) is 3. The second-order valence-electron chi connectivity index (χ2n) is 3.29. The molecular weight excluding hydrogens is 229 g/mol. The average Bonchev–Trinajstić information content (AvgIpc) is 2.48. The lowest BCUT2D eigenvalue weighted by Gasteiger charge is -2.28. The molecule has 1 heterocycles. The quantitative estimate of drug-likeness (QED) is 0.810. The Labute approximate surface area is 88.1 Å². The van der Waals surface area contributed by atoms with E-state index in [2.05, 4.69) is 4.98 Å². The third-order valence-corrected chi connectivity index (χ3v) is 2.07. The predicted octanol–water partition coefficient (Wildman–Crippen LogP) is 0.645. The van der Waals surface area contributed by atoms with E-state index in [9.17, 15) is 23.1 Å². The first kappa shape index (κ1) is 12.5. The molecule has 0 spiro atoms. The van der Waals surface area contributed by atoms with Crippen LogP contribution in [0.1, 0.15) is 12.2 Å². The van der Waals surface area contributed by atoms with Crippen LogP contribution in [0.2, 0.25) is 0 Å². The number of alkyl halides is 3. The predicted molar refractivity (Wildman–Crippen MR) is 45.4 cm³/mol. The van der Waals surface area contributed by atoms with Crippen molar-refractivity contribution >= 4 is 5.97 Å². The Morgan fingerprint density at radius 3 is 2.44 bits per heavy atom. The van der Waals surface area contributed by atoms with E-state index in [1.807, 2.05) is 0 Å². The molecule has 1 atom stereocenters. The first-order chi connectivity index (χ1) is 7.18. The van der Waals surface area contributed by atoms with Crippen LogP contribution in [0.3, 0.4) is 0 Å². The molecule has 0 aliphatic heterocycles. The molecule has 0 amide bonds. The van der Waals surface area contributed by atoms with Crippen LogP contribution in [0.4, 0.5) is 13.2 Å². The summed E-state index contributed by atoms with van der Waals surface area (Å²) in [7, 11) is 1.24. The summed E-state index contributed by atoms with van der Waals surface area (Å²) in [6, 6.07) is 0. The molecule has 16 heavy (non-hydrogen) atoms. The average molecular weight is 238 g/mol. The molecule has 0 saturated carbocycles. The van der Waals surface area contributed by atoms with Gasteiger partial charge in [0, 0.05) is 19.4 Å². The van der Waals surface area contributed by atoms with Gasteiger partial charge in [0.15, 0.2) is 5.82 Å². The van der Waals surface area contributed by atoms with E-state index in [1.165, 1.54) is 13.2 Å². The normalized spacial score (nSPS) is 15.8. The van der Waals surface area contributed by atoms with Crippen molar-refractivity contribution in [2.75, 3.05) is 0 Å². The monoisotopic (exact) mass is 238 g/mol. The van der Waals surface area contributed by atoms with E-state index in [1.54, 1.807) is 0 Å². The van der Waals surface area contributed by atoms with Gasteiger partial charge < -0.3 is 14.8 Å². The van der Waals surface area contributed by atoms with E-state index < -0.39 is 30.0 Å². The van der Waals surface area contributed by atoms with Gasteiger partial charge in [-0.2, -0.15) is 13.2 Å². The topological polar surface area (TPSA) is 75.3 Å². The van der Waals surface area contributed by atoms with Crippen molar-refractivity contribution in [2.24, 2.45) is 7.05 Å². The van der Waals surface area contributed by atoms with Gasteiger partial charge in [0.25, 0.3) is 0 Å². The summed E-state index contributed by atoms with van der Waals surface area (Å²) in [5.74, 6) is -2.51. The molecular formula is C8H9F3N2O3. The summed E-state index contributed by atoms with van der Waals surface area (Å²) in [5.41, 5.74) is -3.48. The number of halogens is 3. The fourth-order valence-electron chi connectivity index (χ4n) is 1.29. The van der Waals surface area contributed by atoms with Crippen LogP contribution in [0.15, 0.2) is 12.4 Å².